The second-order valence-corrected chi connectivity index (χ2v) is 5.78. The fraction of sp³-hybridized carbons (Fsp3) is 0. The molecule has 0 aliphatic heterocycles. The van der Waals surface area contributed by atoms with Crippen LogP contribution < -0.4 is 0 Å². The topological polar surface area (TPSA) is 0 Å². The van der Waals surface area contributed by atoms with Crippen LogP contribution in [0, 0.1) is 0 Å². The van der Waals surface area contributed by atoms with E-state index in [1.54, 1.807) is 0 Å². The van der Waals surface area contributed by atoms with Crippen molar-refractivity contribution in [3.63, 3.8) is 0 Å². The van der Waals surface area contributed by atoms with Gasteiger partial charge in [-0.2, -0.15) is 0 Å². The third-order valence-corrected chi connectivity index (χ3v) is 2.55. The van der Waals surface area contributed by atoms with Crippen molar-refractivity contribution >= 4 is 48.7 Å². The van der Waals surface area contributed by atoms with Gasteiger partial charge in [-0.25, -0.2) is 0 Å². The van der Waals surface area contributed by atoms with Gasteiger partial charge in [0.25, 0.3) is 0 Å². The smallest absolute Gasteiger partial charge is 0.0610 e. The number of hydrogen-bond acceptors (Lipinski definition) is 0. The maximum Gasteiger partial charge on any atom is 0.0610 e. The standard InChI is InChI=1S/C12H8Br2/c13-12(14)8-10-6-3-5-9-4-1-2-7-11(9)10/h1-8H. The molecule has 0 amide bonds. The molecule has 0 spiro atoms. The van der Waals surface area contributed by atoms with Crippen LogP contribution in [0.5, 0.6) is 0 Å². The maximum atomic E-state index is 3.37. The van der Waals surface area contributed by atoms with Gasteiger partial charge >= 0.3 is 0 Å². The van der Waals surface area contributed by atoms with Gasteiger partial charge in [0.2, 0.25) is 0 Å². The second-order valence-electron chi connectivity index (χ2n) is 3.00. The Morgan fingerprint density at radius 3 is 2.43 bits per heavy atom. The SMILES string of the molecule is BrC(Br)=Cc1cccc2ccccc12. The van der Waals surface area contributed by atoms with Gasteiger partial charge in [-0.3, -0.25) is 0 Å². The van der Waals surface area contributed by atoms with Crippen molar-refractivity contribution in [2.45, 2.75) is 0 Å². The number of fused-ring (bicyclic) bond motifs is 1. The summed E-state index contributed by atoms with van der Waals surface area (Å²) in [5.74, 6) is 0. The summed E-state index contributed by atoms with van der Waals surface area (Å²) in [6.45, 7) is 0. The molecule has 0 atom stereocenters. The molecule has 0 unspecified atom stereocenters. The van der Waals surface area contributed by atoms with Crippen molar-refractivity contribution in [3.05, 3.63) is 51.4 Å². The van der Waals surface area contributed by atoms with E-state index in [1.807, 2.05) is 0 Å². The fourth-order valence-electron chi connectivity index (χ4n) is 1.49. The molecule has 0 bridgehead atoms. The van der Waals surface area contributed by atoms with E-state index < -0.39 is 0 Å². The van der Waals surface area contributed by atoms with Crippen molar-refractivity contribution in [2.75, 3.05) is 0 Å². The minimum absolute atomic E-state index is 0.960. The quantitative estimate of drug-likeness (QED) is 0.700. The Bertz CT molecular complexity index is 477. The molecule has 0 fully saturated rings. The van der Waals surface area contributed by atoms with Crippen LogP contribution in [0.15, 0.2) is 45.9 Å². The number of benzene rings is 2. The molecule has 2 aromatic rings. The molecule has 0 saturated carbocycles. The van der Waals surface area contributed by atoms with Crippen LogP contribution in [0.4, 0.5) is 0 Å². The van der Waals surface area contributed by atoms with Gasteiger partial charge in [-0.1, -0.05) is 42.5 Å². The van der Waals surface area contributed by atoms with Crippen molar-refractivity contribution in [1.82, 2.24) is 0 Å². The summed E-state index contributed by atoms with van der Waals surface area (Å²) in [6, 6.07) is 14.6. The molecule has 0 aliphatic carbocycles. The minimum atomic E-state index is 0.960. The first-order chi connectivity index (χ1) is 6.77. The van der Waals surface area contributed by atoms with Crippen molar-refractivity contribution in [2.24, 2.45) is 0 Å². The number of hydrogen-bond donors (Lipinski definition) is 0. The summed E-state index contributed by atoms with van der Waals surface area (Å²) >= 11 is 6.75. The van der Waals surface area contributed by atoms with Crippen LogP contribution in [0.2, 0.25) is 0 Å². The lowest BCUT2D eigenvalue weighted by molar-refractivity contribution is 1.71. The first-order valence-electron chi connectivity index (χ1n) is 4.28. The predicted octanol–water partition coefficient (Wildman–Crippen LogP) is 4.93. The van der Waals surface area contributed by atoms with E-state index in [0.717, 1.165) is 3.39 Å². The van der Waals surface area contributed by atoms with E-state index in [9.17, 15) is 0 Å². The highest BCUT2D eigenvalue weighted by Crippen LogP contribution is 2.24. The van der Waals surface area contributed by atoms with Crippen LogP contribution in [-0.2, 0) is 0 Å². The van der Waals surface area contributed by atoms with Crippen molar-refractivity contribution < 1.29 is 0 Å². The Morgan fingerprint density at radius 1 is 0.929 bits per heavy atom. The molecule has 0 N–H and O–H groups in total. The summed E-state index contributed by atoms with van der Waals surface area (Å²) in [4.78, 5) is 0. The Morgan fingerprint density at radius 2 is 1.64 bits per heavy atom. The van der Waals surface area contributed by atoms with Crippen LogP contribution in [0.1, 0.15) is 5.56 Å². The van der Waals surface area contributed by atoms with E-state index in [-0.39, 0.29) is 0 Å². The van der Waals surface area contributed by atoms with Crippen LogP contribution in [0.25, 0.3) is 16.8 Å². The molecule has 2 rings (SSSR count). The second kappa shape index (κ2) is 4.28. The average Bonchev–Trinajstić information content (AvgIpc) is 2.18. The summed E-state index contributed by atoms with van der Waals surface area (Å²) in [7, 11) is 0. The highest BCUT2D eigenvalue weighted by atomic mass is 79.9. The number of rotatable bonds is 1. The zero-order valence-electron chi connectivity index (χ0n) is 7.37. The first kappa shape index (κ1) is 9.94. The monoisotopic (exact) mass is 310 g/mol. The van der Waals surface area contributed by atoms with E-state index in [4.69, 9.17) is 0 Å². The average molecular weight is 312 g/mol. The molecular weight excluding hydrogens is 304 g/mol. The van der Waals surface area contributed by atoms with E-state index >= 15 is 0 Å². The molecule has 0 aromatic heterocycles. The molecule has 0 heterocycles. The lowest BCUT2D eigenvalue weighted by Crippen LogP contribution is -1.76. The van der Waals surface area contributed by atoms with Gasteiger partial charge in [0.1, 0.15) is 0 Å². The largest absolute Gasteiger partial charge is 0.0616 e. The van der Waals surface area contributed by atoms with Crippen molar-refractivity contribution in [1.29, 1.82) is 0 Å². The van der Waals surface area contributed by atoms with Gasteiger partial charge in [-0.15, -0.1) is 0 Å². The van der Waals surface area contributed by atoms with E-state index in [0.29, 0.717) is 0 Å². The Balaban J connectivity index is 2.71. The Kier molecular flexibility index (Phi) is 3.04. The fourth-order valence-corrected chi connectivity index (χ4v) is 1.99. The summed E-state index contributed by atoms with van der Waals surface area (Å²) < 4.78 is 0.960. The molecule has 70 valence electrons. The predicted molar refractivity (Wildman–Crippen MR) is 69.8 cm³/mol. The van der Waals surface area contributed by atoms with Crippen LogP contribution >= 0.6 is 31.9 Å². The Labute approximate surface area is 99.9 Å². The summed E-state index contributed by atoms with van der Waals surface area (Å²) in [5, 5.41) is 2.54. The highest BCUT2D eigenvalue weighted by molar-refractivity contribution is 9.28. The Hall–Kier alpha value is -0.600. The molecule has 0 aliphatic rings. The molecule has 14 heavy (non-hydrogen) atoms. The lowest BCUT2D eigenvalue weighted by atomic mass is 10.1. The molecule has 2 heteroatoms. The minimum Gasteiger partial charge on any atom is -0.0616 e. The van der Waals surface area contributed by atoms with Crippen molar-refractivity contribution in [3.8, 4) is 0 Å². The molecule has 0 nitrogen and oxygen atoms in total. The van der Waals surface area contributed by atoms with Gasteiger partial charge in [0, 0.05) is 0 Å². The van der Waals surface area contributed by atoms with E-state index in [1.165, 1.54) is 16.3 Å². The van der Waals surface area contributed by atoms with Gasteiger partial charge in [-0.05, 0) is 54.3 Å². The van der Waals surface area contributed by atoms with Gasteiger partial charge in [0.05, 0.1) is 3.39 Å². The zero-order valence-corrected chi connectivity index (χ0v) is 10.5. The third-order valence-electron chi connectivity index (χ3n) is 2.09. The normalized spacial score (nSPS) is 10.1. The maximum absolute atomic E-state index is 3.37. The third kappa shape index (κ3) is 2.07. The molecule has 0 saturated heterocycles. The summed E-state index contributed by atoms with van der Waals surface area (Å²) in [6.07, 6.45) is 2.06. The molecular formula is C12H8Br2. The summed E-state index contributed by atoms with van der Waals surface area (Å²) in [5.41, 5.74) is 1.21. The molecule has 2 aromatic carbocycles. The number of halogens is 2. The van der Waals surface area contributed by atoms with Gasteiger partial charge < -0.3 is 0 Å². The van der Waals surface area contributed by atoms with E-state index in [2.05, 4.69) is 80.4 Å². The molecule has 0 radical (unpaired) electrons. The van der Waals surface area contributed by atoms with Crippen LogP contribution in [-0.4, -0.2) is 0 Å². The van der Waals surface area contributed by atoms with Crippen LogP contribution in [0.3, 0.4) is 0 Å². The zero-order chi connectivity index (χ0) is 9.97. The highest BCUT2D eigenvalue weighted by Gasteiger charge is 1.96. The first-order valence-corrected chi connectivity index (χ1v) is 5.86. The van der Waals surface area contributed by atoms with Gasteiger partial charge in [0.15, 0.2) is 0 Å². The lowest BCUT2D eigenvalue weighted by Gasteiger charge is -2.01.